The lowest BCUT2D eigenvalue weighted by atomic mass is 10.1. The van der Waals surface area contributed by atoms with Crippen molar-refractivity contribution < 1.29 is 9.59 Å². The Labute approximate surface area is 166 Å². The van der Waals surface area contributed by atoms with E-state index in [9.17, 15) is 9.59 Å². The zero-order valence-corrected chi connectivity index (χ0v) is 15.9. The normalized spacial score (nSPS) is 14.3. The standard InChI is InChI=1S/C20H19N5O2S/c26-19(22-12-14-6-2-1-3-7-14)18(16-8-4-5-11-21-16)25(15-9-10-15)20(27)17-13-28-24-23-17/h1-8,11,13,15,18H,9-10,12H2,(H,22,26)/t18-/m1/s1. The number of nitrogens with zero attached hydrogens (tertiary/aromatic N) is 4. The number of amides is 2. The van der Waals surface area contributed by atoms with Gasteiger partial charge in [0.2, 0.25) is 5.91 Å². The molecule has 3 aromatic rings. The molecule has 2 aromatic heterocycles. The molecule has 7 nitrogen and oxygen atoms in total. The van der Waals surface area contributed by atoms with E-state index in [1.807, 2.05) is 36.4 Å². The number of hydrogen-bond acceptors (Lipinski definition) is 6. The van der Waals surface area contributed by atoms with Gasteiger partial charge in [0.15, 0.2) is 11.7 Å². The molecule has 8 heteroatoms. The van der Waals surface area contributed by atoms with E-state index in [1.165, 1.54) is 0 Å². The van der Waals surface area contributed by atoms with E-state index in [4.69, 9.17) is 0 Å². The van der Waals surface area contributed by atoms with Crippen molar-refractivity contribution in [2.75, 3.05) is 0 Å². The lowest BCUT2D eigenvalue weighted by molar-refractivity contribution is -0.126. The topological polar surface area (TPSA) is 88.1 Å². The van der Waals surface area contributed by atoms with Gasteiger partial charge in [-0.3, -0.25) is 14.6 Å². The van der Waals surface area contributed by atoms with Gasteiger partial charge in [-0.2, -0.15) is 0 Å². The van der Waals surface area contributed by atoms with Crippen LogP contribution in [0.25, 0.3) is 0 Å². The Morgan fingerprint density at radius 3 is 2.57 bits per heavy atom. The van der Waals surface area contributed by atoms with Crippen molar-refractivity contribution >= 4 is 23.3 Å². The van der Waals surface area contributed by atoms with E-state index in [-0.39, 0.29) is 23.6 Å². The van der Waals surface area contributed by atoms with Crippen LogP contribution in [0, 0.1) is 0 Å². The van der Waals surface area contributed by atoms with Gasteiger partial charge in [0.1, 0.15) is 0 Å². The van der Waals surface area contributed by atoms with Crippen molar-refractivity contribution in [1.82, 2.24) is 24.8 Å². The summed E-state index contributed by atoms with van der Waals surface area (Å²) in [5, 5.41) is 8.46. The first kappa shape index (κ1) is 18.2. The SMILES string of the molecule is O=C(NCc1ccccc1)[C@@H](c1ccccn1)N(C(=O)c1csnn1)C1CC1. The highest BCUT2D eigenvalue weighted by Crippen LogP contribution is 2.35. The minimum atomic E-state index is -0.813. The fourth-order valence-corrected chi connectivity index (χ4v) is 3.49. The first-order valence-electron chi connectivity index (χ1n) is 9.06. The van der Waals surface area contributed by atoms with Gasteiger partial charge in [-0.1, -0.05) is 40.9 Å². The van der Waals surface area contributed by atoms with Gasteiger partial charge in [0.05, 0.1) is 5.69 Å². The maximum absolute atomic E-state index is 13.2. The molecular formula is C20H19N5O2S. The third-order valence-electron chi connectivity index (χ3n) is 4.56. The molecule has 1 aliphatic carbocycles. The second-order valence-electron chi connectivity index (χ2n) is 6.59. The fraction of sp³-hybridized carbons (Fsp3) is 0.250. The lowest BCUT2D eigenvalue weighted by Crippen LogP contribution is -2.45. The zero-order valence-electron chi connectivity index (χ0n) is 15.1. The van der Waals surface area contributed by atoms with Crippen LogP contribution in [-0.2, 0) is 11.3 Å². The Kier molecular flexibility index (Phi) is 5.38. The molecule has 28 heavy (non-hydrogen) atoms. The molecule has 0 radical (unpaired) electrons. The van der Waals surface area contributed by atoms with Gasteiger partial charge < -0.3 is 10.2 Å². The van der Waals surface area contributed by atoms with Gasteiger partial charge in [0.25, 0.3) is 5.91 Å². The largest absolute Gasteiger partial charge is 0.350 e. The van der Waals surface area contributed by atoms with Crippen molar-refractivity contribution in [2.24, 2.45) is 0 Å². The van der Waals surface area contributed by atoms with Crippen LogP contribution < -0.4 is 5.32 Å². The Hall–Kier alpha value is -3.13. The summed E-state index contributed by atoms with van der Waals surface area (Å²) >= 11 is 1.12. The summed E-state index contributed by atoms with van der Waals surface area (Å²) in [5.41, 5.74) is 1.79. The Bertz CT molecular complexity index is 930. The Balaban J connectivity index is 1.62. The number of carbonyl (C=O) groups is 2. The summed E-state index contributed by atoms with van der Waals surface area (Å²) < 4.78 is 3.79. The molecule has 2 amide bonds. The van der Waals surface area contributed by atoms with E-state index in [2.05, 4.69) is 19.9 Å². The van der Waals surface area contributed by atoms with Gasteiger partial charge >= 0.3 is 0 Å². The molecule has 0 unspecified atom stereocenters. The molecule has 1 aliphatic rings. The van der Waals surface area contributed by atoms with Crippen molar-refractivity contribution in [3.63, 3.8) is 0 Å². The van der Waals surface area contributed by atoms with E-state index < -0.39 is 6.04 Å². The summed E-state index contributed by atoms with van der Waals surface area (Å²) in [5.74, 6) is -0.548. The average Bonchev–Trinajstić information content (AvgIpc) is 3.43. The predicted molar refractivity (Wildman–Crippen MR) is 104 cm³/mol. The minimum Gasteiger partial charge on any atom is -0.350 e. The lowest BCUT2D eigenvalue weighted by Gasteiger charge is -2.30. The Morgan fingerprint density at radius 2 is 1.93 bits per heavy atom. The second-order valence-corrected chi connectivity index (χ2v) is 7.20. The van der Waals surface area contributed by atoms with Gasteiger partial charge in [-0.25, -0.2) is 0 Å². The Morgan fingerprint density at radius 1 is 1.14 bits per heavy atom. The summed E-state index contributed by atoms with van der Waals surface area (Å²) in [6, 6.07) is 14.2. The smallest absolute Gasteiger partial charge is 0.276 e. The van der Waals surface area contributed by atoms with Crippen molar-refractivity contribution in [3.05, 3.63) is 77.1 Å². The molecule has 1 atom stereocenters. The number of hydrogen-bond donors (Lipinski definition) is 1. The molecule has 1 N–H and O–H groups in total. The molecule has 1 aromatic carbocycles. The van der Waals surface area contributed by atoms with Crippen LogP contribution in [0.1, 0.15) is 40.6 Å². The summed E-state index contributed by atoms with van der Waals surface area (Å²) in [6.45, 7) is 0.383. The van der Waals surface area contributed by atoms with E-state index in [0.29, 0.717) is 12.2 Å². The molecule has 0 spiro atoms. The monoisotopic (exact) mass is 393 g/mol. The summed E-state index contributed by atoms with van der Waals surface area (Å²) in [7, 11) is 0. The molecule has 0 bridgehead atoms. The number of nitrogens with one attached hydrogen (secondary N) is 1. The van der Waals surface area contributed by atoms with Crippen LogP contribution in [0.5, 0.6) is 0 Å². The molecule has 1 fully saturated rings. The van der Waals surface area contributed by atoms with Crippen LogP contribution in [0.3, 0.4) is 0 Å². The van der Waals surface area contributed by atoms with E-state index in [1.54, 1.807) is 28.6 Å². The predicted octanol–water partition coefficient (Wildman–Crippen LogP) is 2.60. The number of pyridine rings is 1. The van der Waals surface area contributed by atoms with Crippen molar-refractivity contribution in [1.29, 1.82) is 0 Å². The van der Waals surface area contributed by atoms with Crippen LogP contribution >= 0.6 is 11.5 Å². The highest BCUT2D eigenvalue weighted by Gasteiger charge is 2.42. The molecule has 0 aliphatic heterocycles. The first-order valence-corrected chi connectivity index (χ1v) is 9.90. The maximum atomic E-state index is 13.2. The summed E-state index contributed by atoms with van der Waals surface area (Å²) in [6.07, 6.45) is 3.35. The summed E-state index contributed by atoms with van der Waals surface area (Å²) in [4.78, 5) is 32.3. The van der Waals surface area contributed by atoms with Crippen LogP contribution in [0.4, 0.5) is 0 Å². The average molecular weight is 393 g/mol. The third-order valence-corrected chi connectivity index (χ3v) is 5.06. The van der Waals surface area contributed by atoms with E-state index in [0.717, 1.165) is 29.9 Å². The van der Waals surface area contributed by atoms with Gasteiger partial charge in [0, 0.05) is 24.2 Å². The molecule has 1 saturated carbocycles. The van der Waals surface area contributed by atoms with Crippen LogP contribution in [-0.4, -0.2) is 37.3 Å². The maximum Gasteiger partial charge on any atom is 0.276 e. The van der Waals surface area contributed by atoms with Gasteiger partial charge in [-0.05, 0) is 42.1 Å². The highest BCUT2D eigenvalue weighted by atomic mass is 32.1. The number of benzene rings is 1. The zero-order chi connectivity index (χ0) is 19.3. The molecule has 0 saturated heterocycles. The van der Waals surface area contributed by atoms with Crippen molar-refractivity contribution in [2.45, 2.75) is 31.5 Å². The van der Waals surface area contributed by atoms with Crippen LogP contribution in [0.15, 0.2) is 60.1 Å². The fourth-order valence-electron chi connectivity index (χ4n) is 3.06. The third kappa shape index (κ3) is 4.07. The molecule has 4 rings (SSSR count). The highest BCUT2D eigenvalue weighted by molar-refractivity contribution is 7.03. The second kappa shape index (κ2) is 8.26. The van der Waals surface area contributed by atoms with E-state index >= 15 is 0 Å². The van der Waals surface area contributed by atoms with Crippen molar-refractivity contribution in [3.8, 4) is 0 Å². The number of rotatable bonds is 7. The number of carbonyl (C=O) groups excluding carboxylic acids is 2. The molecule has 142 valence electrons. The first-order chi connectivity index (χ1) is 13.7. The van der Waals surface area contributed by atoms with Crippen LogP contribution in [0.2, 0.25) is 0 Å². The quantitative estimate of drug-likeness (QED) is 0.667. The number of aromatic nitrogens is 3. The minimum absolute atomic E-state index is 0.00341. The molecule has 2 heterocycles. The van der Waals surface area contributed by atoms with Gasteiger partial charge in [-0.15, -0.1) is 5.10 Å². The molecular weight excluding hydrogens is 374 g/mol.